The molecule has 19 heavy (non-hydrogen) atoms. The van der Waals surface area contributed by atoms with E-state index in [2.05, 4.69) is 28.2 Å². The van der Waals surface area contributed by atoms with Gasteiger partial charge in [-0.2, -0.15) is 0 Å². The van der Waals surface area contributed by atoms with Crippen LogP contribution in [0.15, 0.2) is 30.6 Å². The van der Waals surface area contributed by atoms with E-state index >= 15 is 0 Å². The topological polar surface area (TPSA) is 61.0 Å². The number of hydrogen-bond acceptors (Lipinski definition) is 4. The van der Waals surface area contributed by atoms with Gasteiger partial charge in [-0.3, -0.25) is 0 Å². The molecule has 1 atom stereocenters. The molecule has 0 saturated carbocycles. The zero-order chi connectivity index (χ0) is 13.2. The maximum atomic E-state index is 6.09. The minimum atomic E-state index is 0.257. The zero-order valence-electron chi connectivity index (χ0n) is 11.0. The third kappa shape index (κ3) is 2.31. The van der Waals surface area contributed by atoms with Gasteiger partial charge in [-0.15, -0.1) is 0 Å². The van der Waals surface area contributed by atoms with Crippen LogP contribution in [0, 0.1) is 0 Å². The van der Waals surface area contributed by atoms with Crippen molar-refractivity contribution in [3.63, 3.8) is 0 Å². The van der Waals surface area contributed by atoms with Crippen molar-refractivity contribution in [1.82, 2.24) is 9.97 Å². The lowest BCUT2D eigenvalue weighted by atomic mass is 9.84. The van der Waals surface area contributed by atoms with Crippen LogP contribution >= 0.6 is 0 Å². The second-order valence-electron chi connectivity index (χ2n) is 4.90. The lowest BCUT2D eigenvalue weighted by Crippen LogP contribution is -2.28. The zero-order valence-corrected chi connectivity index (χ0v) is 11.0. The lowest BCUT2D eigenvalue weighted by Gasteiger charge is -2.24. The fourth-order valence-electron chi connectivity index (χ4n) is 2.65. The first-order valence-electron chi connectivity index (χ1n) is 6.50. The molecule has 1 heterocycles. The minimum Gasteiger partial charge on any atom is -0.467 e. The fourth-order valence-corrected chi connectivity index (χ4v) is 2.65. The SMILES string of the molecule is COc1ncc(-c2cccc3c2CC(N)CC3)cn1. The van der Waals surface area contributed by atoms with Gasteiger partial charge in [0.25, 0.3) is 0 Å². The highest BCUT2D eigenvalue weighted by Crippen LogP contribution is 2.30. The van der Waals surface area contributed by atoms with E-state index in [4.69, 9.17) is 10.5 Å². The Hall–Kier alpha value is -1.94. The number of fused-ring (bicyclic) bond motifs is 1. The van der Waals surface area contributed by atoms with Crippen molar-refractivity contribution in [2.45, 2.75) is 25.3 Å². The van der Waals surface area contributed by atoms with Gasteiger partial charge in [-0.1, -0.05) is 18.2 Å². The number of aryl methyl sites for hydroxylation is 1. The Morgan fingerprint density at radius 2 is 2.05 bits per heavy atom. The van der Waals surface area contributed by atoms with Crippen molar-refractivity contribution >= 4 is 0 Å². The van der Waals surface area contributed by atoms with Gasteiger partial charge in [0.05, 0.1) is 7.11 Å². The van der Waals surface area contributed by atoms with E-state index < -0.39 is 0 Å². The summed E-state index contributed by atoms with van der Waals surface area (Å²) in [6.45, 7) is 0. The van der Waals surface area contributed by atoms with Gasteiger partial charge < -0.3 is 10.5 Å². The molecule has 0 spiro atoms. The smallest absolute Gasteiger partial charge is 0.316 e. The second-order valence-corrected chi connectivity index (χ2v) is 4.90. The highest BCUT2D eigenvalue weighted by molar-refractivity contribution is 5.68. The summed E-state index contributed by atoms with van der Waals surface area (Å²) in [4.78, 5) is 8.35. The Morgan fingerprint density at radius 3 is 2.79 bits per heavy atom. The molecule has 2 aromatic rings. The number of aromatic nitrogens is 2. The molecule has 0 amide bonds. The molecule has 1 aromatic heterocycles. The van der Waals surface area contributed by atoms with Crippen molar-refractivity contribution in [2.75, 3.05) is 7.11 Å². The normalized spacial score (nSPS) is 17.9. The van der Waals surface area contributed by atoms with Gasteiger partial charge in [0.1, 0.15) is 0 Å². The second kappa shape index (κ2) is 4.97. The van der Waals surface area contributed by atoms with Gasteiger partial charge in [0.2, 0.25) is 0 Å². The molecule has 0 saturated heterocycles. The first-order valence-corrected chi connectivity index (χ1v) is 6.50. The van der Waals surface area contributed by atoms with E-state index in [1.807, 2.05) is 12.4 Å². The standard InChI is InChI=1S/C15H17N3O/c1-19-15-17-8-11(9-18-15)13-4-2-3-10-5-6-12(16)7-14(10)13/h2-4,8-9,12H,5-7,16H2,1H3. The van der Waals surface area contributed by atoms with Crippen LogP contribution in [0.4, 0.5) is 0 Å². The molecule has 98 valence electrons. The van der Waals surface area contributed by atoms with E-state index in [1.165, 1.54) is 16.7 Å². The highest BCUT2D eigenvalue weighted by atomic mass is 16.5. The van der Waals surface area contributed by atoms with E-state index in [0.717, 1.165) is 24.8 Å². The minimum absolute atomic E-state index is 0.257. The summed E-state index contributed by atoms with van der Waals surface area (Å²) in [5.41, 5.74) is 11.0. The van der Waals surface area contributed by atoms with Crippen molar-refractivity contribution in [3.8, 4) is 17.1 Å². The van der Waals surface area contributed by atoms with Gasteiger partial charge in [-0.25, -0.2) is 9.97 Å². The molecule has 0 bridgehead atoms. The monoisotopic (exact) mass is 255 g/mol. The molecule has 4 nitrogen and oxygen atoms in total. The van der Waals surface area contributed by atoms with Crippen LogP contribution in [0.5, 0.6) is 6.01 Å². The summed E-state index contributed by atoms with van der Waals surface area (Å²) in [5.74, 6) is 0. The molecule has 1 aliphatic carbocycles. The molecule has 0 radical (unpaired) electrons. The summed E-state index contributed by atoms with van der Waals surface area (Å²) < 4.78 is 4.99. The molecule has 1 aliphatic rings. The van der Waals surface area contributed by atoms with Crippen LogP contribution in [-0.2, 0) is 12.8 Å². The predicted molar refractivity (Wildman–Crippen MR) is 74.0 cm³/mol. The first kappa shape index (κ1) is 12.1. The third-order valence-corrected chi connectivity index (χ3v) is 3.65. The average Bonchev–Trinajstić information content (AvgIpc) is 2.47. The molecule has 3 rings (SSSR count). The molecule has 2 N–H and O–H groups in total. The average molecular weight is 255 g/mol. The third-order valence-electron chi connectivity index (χ3n) is 3.65. The Balaban J connectivity index is 2.04. The predicted octanol–water partition coefficient (Wildman–Crippen LogP) is 1.97. The van der Waals surface area contributed by atoms with Crippen LogP contribution in [0.1, 0.15) is 17.5 Å². The first-order chi connectivity index (χ1) is 9.28. The van der Waals surface area contributed by atoms with E-state index in [0.29, 0.717) is 6.01 Å². The maximum absolute atomic E-state index is 6.09. The van der Waals surface area contributed by atoms with Crippen molar-refractivity contribution in [3.05, 3.63) is 41.7 Å². The van der Waals surface area contributed by atoms with Crippen LogP contribution in [0.25, 0.3) is 11.1 Å². The van der Waals surface area contributed by atoms with Gasteiger partial charge in [0, 0.05) is 24.0 Å². The van der Waals surface area contributed by atoms with Crippen LogP contribution in [0.3, 0.4) is 0 Å². The van der Waals surface area contributed by atoms with Gasteiger partial charge in [-0.05, 0) is 36.0 Å². The molecule has 0 fully saturated rings. The Kier molecular flexibility index (Phi) is 3.17. The molecule has 1 aromatic carbocycles. The number of rotatable bonds is 2. The van der Waals surface area contributed by atoms with Crippen LogP contribution in [-0.4, -0.2) is 23.1 Å². The van der Waals surface area contributed by atoms with Crippen molar-refractivity contribution < 1.29 is 4.74 Å². The van der Waals surface area contributed by atoms with Crippen LogP contribution in [0.2, 0.25) is 0 Å². The summed E-state index contributed by atoms with van der Waals surface area (Å²) in [5, 5.41) is 0. The fraction of sp³-hybridized carbons (Fsp3) is 0.333. The molecular formula is C15H17N3O. The van der Waals surface area contributed by atoms with Crippen LogP contribution < -0.4 is 10.5 Å². The van der Waals surface area contributed by atoms with Crippen molar-refractivity contribution in [1.29, 1.82) is 0 Å². The Morgan fingerprint density at radius 1 is 1.26 bits per heavy atom. The molecule has 4 heteroatoms. The highest BCUT2D eigenvalue weighted by Gasteiger charge is 2.19. The maximum Gasteiger partial charge on any atom is 0.316 e. The number of ether oxygens (including phenoxy) is 1. The van der Waals surface area contributed by atoms with E-state index in [9.17, 15) is 0 Å². The quantitative estimate of drug-likeness (QED) is 0.891. The summed E-state index contributed by atoms with van der Waals surface area (Å²) >= 11 is 0. The number of methoxy groups -OCH3 is 1. The Bertz CT molecular complexity index is 580. The summed E-state index contributed by atoms with van der Waals surface area (Å²) in [6.07, 6.45) is 6.66. The number of hydrogen-bond donors (Lipinski definition) is 1. The van der Waals surface area contributed by atoms with E-state index in [-0.39, 0.29) is 6.04 Å². The van der Waals surface area contributed by atoms with E-state index in [1.54, 1.807) is 7.11 Å². The molecular weight excluding hydrogens is 238 g/mol. The largest absolute Gasteiger partial charge is 0.467 e. The summed E-state index contributed by atoms with van der Waals surface area (Å²) in [6, 6.07) is 7.05. The summed E-state index contributed by atoms with van der Waals surface area (Å²) in [7, 11) is 1.57. The Labute approximate surface area is 112 Å². The van der Waals surface area contributed by atoms with Gasteiger partial charge in [0.15, 0.2) is 0 Å². The lowest BCUT2D eigenvalue weighted by molar-refractivity contribution is 0.380. The molecule has 1 unspecified atom stereocenters. The van der Waals surface area contributed by atoms with Gasteiger partial charge >= 0.3 is 6.01 Å². The molecule has 0 aliphatic heterocycles. The number of nitrogens with zero attached hydrogens (tertiary/aromatic N) is 2. The number of nitrogens with two attached hydrogens (primary N) is 1. The van der Waals surface area contributed by atoms with Crippen molar-refractivity contribution in [2.24, 2.45) is 5.73 Å². The number of benzene rings is 1.